The minimum atomic E-state index is -0.462. The third kappa shape index (κ3) is 7.27. The van der Waals surface area contributed by atoms with Gasteiger partial charge in [-0.1, -0.05) is 77.3 Å². The summed E-state index contributed by atoms with van der Waals surface area (Å²) >= 11 is 0. The molecule has 6 rings (SSSR count). The number of fused-ring (bicyclic) bond motifs is 1. The molecule has 2 N–H and O–H groups in total. The molecule has 10 heteroatoms. The van der Waals surface area contributed by atoms with Gasteiger partial charge in [-0.25, -0.2) is 19.4 Å². The second-order valence-corrected chi connectivity index (χ2v) is 13.3. The number of para-hydroxylation sites is 1. The number of aromatic nitrogens is 5. The second-order valence-electron chi connectivity index (χ2n) is 13.3. The molecule has 250 valence electrons. The fourth-order valence-corrected chi connectivity index (χ4v) is 6.79. The molecule has 0 atom stereocenters. The van der Waals surface area contributed by atoms with E-state index < -0.39 is 6.03 Å². The zero-order valence-corrected chi connectivity index (χ0v) is 28.3. The molecular weight excluding hydrogens is 602 g/mol. The summed E-state index contributed by atoms with van der Waals surface area (Å²) in [5.41, 5.74) is 4.80. The summed E-state index contributed by atoms with van der Waals surface area (Å²) in [5.74, 6) is 1.41. The molecule has 0 bridgehead atoms. The van der Waals surface area contributed by atoms with Crippen molar-refractivity contribution in [2.24, 2.45) is 5.92 Å². The standard InChI is InChI=1S/C38H45N7O3/c1-25(2)30-15-9-16-31(26(3)4)34(30)42-38(47)43-35-33(28-13-8-14-29(21-28)48-20-19-44-24-39-23-41-44)32-17-10-18-40-36(32)45(37(35)46)22-27-11-6-5-7-12-27/h8-10,13-18,21,23-27H,5-7,11-12,19-20,22H2,1-4H3,(H2,42,43,47). The van der Waals surface area contributed by atoms with Crippen molar-refractivity contribution in [1.82, 2.24) is 24.3 Å². The lowest BCUT2D eigenvalue weighted by Crippen LogP contribution is -2.32. The Balaban J connectivity index is 1.43. The molecule has 2 amide bonds. The Hall–Kier alpha value is -4.99. The fraction of sp³-hybridized carbons (Fsp3) is 0.395. The molecule has 1 fully saturated rings. The van der Waals surface area contributed by atoms with Crippen molar-refractivity contribution in [3.8, 4) is 16.9 Å². The molecule has 0 aliphatic heterocycles. The van der Waals surface area contributed by atoms with Gasteiger partial charge in [-0.3, -0.25) is 9.36 Å². The van der Waals surface area contributed by atoms with Crippen molar-refractivity contribution >= 4 is 28.4 Å². The van der Waals surface area contributed by atoms with Gasteiger partial charge in [0.15, 0.2) is 0 Å². The third-order valence-electron chi connectivity index (χ3n) is 9.21. The van der Waals surface area contributed by atoms with Crippen molar-refractivity contribution in [1.29, 1.82) is 0 Å². The first kappa shape index (κ1) is 32.9. The Labute approximate surface area is 281 Å². The number of hydrogen-bond acceptors (Lipinski definition) is 6. The Kier molecular flexibility index (Phi) is 10.2. The number of hydrogen-bond donors (Lipinski definition) is 2. The maximum atomic E-state index is 14.6. The van der Waals surface area contributed by atoms with Crippen LogP contribution in [0.4, 0.5) is 16.2 Å². The summed E-state index contributed by atoms with van der Waals surface area (Å²) in [6, 6.07) is 17.1. The zero-order chi connectivity index (χ0) is 33.6. The first-order valence-corrected chi connectivity index (χ1v) is 17.1. The number of carbonyl (C=O) groups excluding carboxylic acids is 1. The average Bonchev–Trinajstić information content (AvgIpc) is 3.61. The lowest BCUT2D eigenvalue weighted by Gasteiger charge is -2.25. The number of rotatable bonds is 11. The highest BCUT2D eigenvalue weighted by Crippen LogP contribution is 2.37. The maximum Gasteiger partial charge on any atom is 0.323 e. The Bertz CT molecular complexity index is 1900. The van der Waals surface area contributed by atoms with E-state index in [2.05, 4.69) is 48.4 Å². The van der Waals surface area contributed by atoms with Gasteiger partial charge in [-0.15, -0.1) is 0 Å². The van der Waals surface area contributed by atoms with E-state index in [9.17, 15) is 9.59 Å². The van der Waals surface area contributed by atoms with Crippen molar-refractivity contribution in [3.05, 3.63) is 94.9 Å². The van der Waals surface area contributed by atoms with Crippen LogP contribution >= 0.6 is 0 Å². The minimum absolute atomic E-state index is 0.196. The van der Waals surface area contributed by atoms with E-state index >= 15 is 0 Å². The van der Waals surface area contributed by atoms with Gasteiger partial charge in [0.2, 0.25) is 0 Å². The van der Waals surface area contributed by atoms with Gasteiger partial charge in [-0.2, -0.15) is 5.10 Å². The lowest BCUT2D eigenvalue weighted by molar-refractivity contribution is 0.262. The number of pyridine rings is 2. The van der Waals surface area contributed by atoms with E-state index in [-0.39, 0.29) is 23.1 Å². The summed E-state index contributed by atoms with van der Waals surface area (Å²) in [6.07, 6.45) is 10.6. The van der Waals surface area contributed by atoms with Gasteiger partial charge >= 0.3 is 6.03 Å². The van der Waals surface area contributed by atoms with Crippen LogP contribution in [0.5, 0.6) is 5.75 Å². The first-order chi connectivity index (χ1) is 23.3. The van der Waals surface area contributed by atoms with Crippen LogP contribution in [0.2, 0.25) is 0 Å². The molecule has 3 heterocycles. The molecule has 5 aromatic rings. The Morgan fingerprint density at radius 2 is 1.67 bits per heavy atom. The van der Waals surface area contributed by atoms with E-state index in [0.29, 0.717) is 42.6 Å². The van der Waals surface area contributed by atoms with Crippen LogP contribution in [0.3, 0.4) is 0 Å². The summed E-state index contributed by atoms with van der Waals surface area (Å²) < 4.78 is 9.57. The van der Waals surface area contributed by atoms with Crippen LogP contribution in [0.15, 0.2) is 78.2 Å². The van der Waals surface area contributed by atoms with Crippen LogP contribution < -0.4 is 20.9 Å². The van der Waals surface area contributed by atoms with Crippen molar-refractivity contribution in [2.75, 3.05) is 17.2 Å². The minimum Gasteiger partial charge on any atom is -0.492 e. The molecule has 48 heavy (non-hydrogen) atoms. The summed E-state index contributed by atoms with van der Waals surface area (Å²) in [6.45, 7) is 9.94. The molecule has 0 spiro atoms. The molecule has 0 unspecified atom stereocenters. The van der Waals surface area contributed by atoms with Crippen molar-refractivity contribution in [3.63, 3.8) is 0 Å². The molecule has 0 radical (unpaired) electrons. The highest BCUT2D eigenvalue weighted by atomic mass is 16.5. The highest BCUT2D eigenvalue weighted by molar-refractivity contribution is 6.07. The van der Waals surface area contributed by atoms with E-state index in [4.69, 9.17) is 9.72 Å². The molecule has 1 saturated carbocycles. The summed E-state index contributed by atoms with van der Waals surface area (Å²) in [5, 5.41) is 11.1. The van der Waals surface area contributed by atoms with Crippen LogP contribution in [0.1, 0.15) is 82.8 Å². The number of amides is 2. The number of benzene rings is 2. The smallest absolute Gasteiger partial charge is 0.323 e. The van der Waals surface area contributed by atoms with Crippen LogP contribution in [-0.4, -0.2) is 37.0 Å². The molecule has 10 nitrogen and oxygen atoms in total. The predicted molar refractivity (Wildman–Crippen MR) is 191 cm³/mol. The number of nitrogens with one attached hydrogen (secondary N) is 2. The van der Waals surface area contributed by atoms with Crippen LogP contribution in [0.25, 0.3) is 22.2 Å². The molecule has 1 aliphatic rings. The summed E-state index contributed by atoms with van der Waals surface area (Å²) in [4.78, 5) is 37.3. The lowest BCUT2D eigenvalue weighted by atomic mass is 9.89. The SMILES string of the molecule is CC(C)c1cccc(C(C)C)c1NC(=O)Nc1c(-c2cccc(OCCn3cncn3)c2)c2cccnc2n(CC2CCCCC2)c1=O. The largest absolute Gasteiger partial charge is 0.492 e. The third-order valence-corrected chi connectivity index (χ3v) is 9.21. The topological polar surface area (TPSA) is 116 Å². The molecule has 0 saturated heterocycles. The highest BCUT2D eigenvalue weighted by Gasteiger charge is 2.25. The van der Waals surface area contributed by atoms with Crippen molar-refractivity contribution in [2.45, 2.75) is 84.7 Å². The van der Waals surface area contributed by atoms with Crippen LogP contribution in [0, 0.1) is 5.92 Å². The maximum absolute atomic E-state index is 14.6. The van der Waals surface area contributed by atoms with Gasteiger partial charge < -0.3 is 15.4 Å². The number of anilines is 2. The van der Waals surface area contributed by atoms with Gasteiger partial charge in [0.25, 0.3) is 5.56 Å². The van der Waals surface area contributed by atoms with Gasteiger partial charge in [0, 0.05) is 29.4 Å². The zero-order valence-electron chi connectivity index (χ0n) is 28.3. The van der Waals surface area contributed by atoms with E-state index in [0.717, 1.165) is 53.4 Å². The molecular formula is C38H45N7O3. The number of nitrogens with zero attached hydrogens (tertiary/aromatic N) is 5. The Morgan fingerprint density at radius 1 is 0.938 bits per heavy atom. The first-order valence-electron chi connectivity index (χ1n) is 17.1. The van der Waals surface area contributed by atoms with E-state index in [1.807, 2.05) is 54.6 Å². The van der Waals surface area contributed by atoms with Gasteiger partial charge in [0.05, 0.1) is 6.54 Å². The normalized spacial score (nSPS) is 13.7. The second kappa shape index (κ2) is 14.8. The monoisotopic (exact) mass is 647 g/mol. The molecule has 1 aliphatic carbocycles. The number of ether oxygens (including phenoxy) is 1. The molecule has 2 aromatic carbocycles. The fourth-order valence-electron chi connectivity index (χ4n) is 6.79. The van der Waals surface area contributed by atoms with Crippen LogP contribution in [-0.2, 0) is 13.1 Å². The Morgan fingerprint density at radius 3 is 2.38 bits per heavy atom. The molecule has 3 aromatic heterocycles. The summed E-state index contributed by atoms with van der Waals surface area (Å²) in [7, 11) is 0. The quantitative estimate of drug-likeness (QED) is 0.149. The van der Waals surface area contributed by atoms with E-state index in [1.165, 1.54) is 12.7 Å². The number of urea groups is 1. The average molecular weight is 648 g/mol. The van der Waals surface area contributed by atoms with E-state index in [1.54, 1.807) is 21.8 Å². The number of carbonyl (C=O) groups is 1. The predicted octanol–water partition coefficient (Wildman–Crippen LogP) is 8.21. The van der Waals surface area contributed by atoms with Gasteiger partial charge in [0.1, 0.15) is 36.3 Å². The van der Waals surface area contributed by atoms with Gasteiger partial charge in [-0.05, 0) is 71.6 Å². The van der Waals surface area contributed by atoms with Crippen molar-refractivity contribution < 1.29 is 9.53 Å².